The van der Waals surface area contributed by atoms with Crippen molar-refractivity contribution >= 4 is 10.1 Å². The summed E-state index contributed by atoms with van der Waals surface area (Å²) in [6, 6.07) is 9.10. The fraction of sp³-hybridized carbons (Fsp3) is 0.118. The maximum absolute atomic E-state index is 13.6. The molecule has 0 fully saturated rings. The van der Waals surface area contributed by atoms with E-state index in [1.807, 2.05) is 0 Å². The number of hydrogen-bond acceptors (Lipinski definition) is 7. The van der Waals surface area contributed by atoms with Crippen molar-refractivity contribution in [3.05, 3.63) is 60.8 Å². The van der Waals surface area contributed by atoms with Crippen LogP contribution in [0.4, 0.5) is 30.7 Å². The van der Waals surface area contributed by atoms with Gasteiger partial charge in [0, 0.05) is 43.9 Å². The summed E-state index contributed by atoms with van der Waals surface area (Å²) in [6.45, 7) is 0. The van der Waals surface area contributed by atoms with E-state index in [-0.39, 0.29) is 31.4 Å². The summed E-state index contributed by atoms with van der Waals surface area (Å²) in [4.78, 5) is 9.93. The van der Waals surface area contributed by atoms with Gasteiger partial charge in [0.15, 0.2) is 5.03 Å². The second-order valence-electron chi connectivity index (χ2n) is 5.54. The minimum Gasteiger partial charge on any atom is -0.454 e. The largest absolute Gasteiger partial charge is 0.574 e. The van der Waals surface area contributed by atoms with Gasteiger partial charge in [-0.2, -0.15) is 8.42 Å². The zero-order valence-electron chi connectivity index (χ0n) is 15.9. The fourth-order valence-electron chi connectivity index (χ4n) is 1.99. The SMILES string of the molecule is Fc1cc(OC(F)(F)F)c[c-]c1-c1ccccn1.O=S(=O)(O)c1cc(OC(F)(F)F)ncn1.[Ir]. The first-order valence-corrected chi connectivity index (χ1v) is 9.52. The van der Waals surface area contributed by atoms with Crippen molar-refractivity contribution in [1.82, 2.24) is 15.0 Å². The van der Waals surface area contributed by atoms with E-state index in [0.717, 1.165) is 6.07 Å². The minimum atomic E-state index is -5.00. The number of nitrogens with zero attached hydrogens (tertiary/aromatic N) is 3. The Labute approximate surface area is 199 Å². The third-order valence-corrected chi connectivity index (χ3v) is 3.87. The van der Waals surface area contributed by atoms with Gasteiger partial charge in [0.05, 0.1) is 0 Å². The molecule has 1 N–H and O–H groups in total. The van der Waals surface area contributed by atoms with Crippen molar-refractivity contribution in [2.24, 2.45) is 0 Å². The topological polar surface area (TPSA) is 112 Å². The summed E-state index contributed by atoms with van der Waals surface area (Å²) < 4.78 is 121. The smallest absolute Gasteiger partial charge is 0.454 e. The van der Waals surface area contributed by atoms with Crippen molar-refractivity contribution in [2.45, 2.75) is 17.8 Å². The minimum absolute atomic E-state index is 0. The number of rotatable bonds is 4. The molecular formula is C17H9F7IrN3O5S-. The van der Waals surface area contributed by atoms with Gasteiger partial charge in [-0.25, -0.2) is 9.97 Å². The van der Waals surface area contributed by atoms with Crippen LogP contribution in [0.1, 0.15) is 0 Å². The summed E-state index contributed by atoms with van der Waals surface area (Å²) in [5.41, 5.74) is 0.277. The number of pyridine rings is 1. The molecule has 2 aromatic heterocycles. The Morgan fingerprint density at radius 1 is 0.941 bits per heavy atom. The predicted molar refractivity (Wildman–Crippen MR) is 93.7 cm³/mol. The second-order valence-corrected chi connectivity index (χ2v) is 6.91. The van der Waals surface area contributed by atoms with Gasteiger partial charge in [0.25, 0.3) is 0 Å². The van der Waals surface area contributed by atoms with Crippen LogP contribution in [0, 0.1) is 11.9 Å². The monoisotopic (exact) mass is 693 g/mol. The molecule has 34 heavy (non-hydrogen) atoms. The van der Waals surface area contributed by atoms with Gasteiger partial charge in [-0.3, -0.25) is 8.94 Å². The molecule has 0 spiro atoms. The van der Waals surface area contributed by atoms with Crippen LogP contribution in [0.2, 0.25) is 0 Å². The van der Waals surface area contributed by atoms with Crippen molar-refractivity contribution in [1.29, 1.82) is 0 Å². The molecular weight excluding hydrogens is 683 g/mol. The van der Waals surface area contributed by atoms with E-state index >= 15 is 0 Å². The molecule has 0 aliphatic carbocycles. The van der Waals surface area contributed by atoms with Crippen molar-refractivity contribution < 1.29 is 73.3 Å². The van der Waals surface area contributed by atoms with Gasteiger partial charge in [-0.1, -0.05) is 23.8 Å². The average Bonchev–Trinajstić information content (AvgIpc) is 2.66. The van der Waals surface area contributed by atoms with Gasteiger partial charge in [-0.15, -0.1) is 38.5 Å². The molecule has 17 heteroatoms. The maximum Gasteiger partial charge on any atom is 0.574 e. The quantitative estimate of drug-likeness (QED) is 0.188. The van der Waals surface area contributed by atoms with E-state index in [9.17, 15) is 39.2 Å². The Hall–Kier alpha value is -2.88. The van der Waals surface area contributed by atoms with Crippen molar-refractivity contribution in [3.8, 4) is 22.9 Å². The molecule has 0 aliphatic rings. The second kappa shape index (κ2) is 11.5. The van der Waals surface area contributed by atoms with Gasteiger partial charge < -0.3 is 14.5 Å². The van der Waals surface area contributed by atoms with Gasteiger partial charge >= 0.3 is 22.8 Å². The molecule has 187 valence electrons. The molecule has 0 saturated carbocycles. The molecule has 0 bridgehead atoms. The molecule has 0 unspecified atom stereocenters. The molecule has 8 nitrogen and oxygen atoms in total. The molecule has 0 saturated heterocycles. The zero-order valence-corrected chi connectivity index (χ0v) is 19.1. The number of alkyl halides is 6. The van der Waals surface area contributed by atoms with Gasteiger partial charge in [-0.05, 0) is 11.8 Å². The molecule has 0 aliphatic heterocycles. The first-order chi connectivity index (χ1) is 15.1. The predicted octanol–water partition coefficient (Wildman–Crippen LogP) is 4.21. The number of ether oxygens (including phenoxy) is 2. The third-order valence-electron chi connectivity index (χ3n) is 3.12. The van der Waals surface area contributed by atoms with Crippen LogP contribution in [-0.4, -0.2) is 40.6 Å². The van der Waals surface area contributed by atoms with E-state index in [2.05, 4.69) is 30.5 Å². The summed E-state index contributed by atoms with van der Waals surface area (Å²) in [7, 11) is -4.68. The Morgan fingerprint density at radius 2 is 1.59 bits per heavy atom. The number of halogens is 7. The first kappa shape index (κ1) is 29.2. The van der Waals surface area contributed by atoms with Crippen LogP contribution < -0.4 is 9.47 Å². The number of hydrogen-bond donors (Lipinski definition) is 1. The Morgan fingerprint density at radius 3 is 2.09 bits per heavy atom. The van der Waals surface area contributed by atoms with Crippen molar-refractivity contribution in [3.63, 3.8) is 0 Å². The van der Waals surface area contributed by atoms with Crippen LogP contribution in [0.25, 0.3) is 11.3 Å². The molecule has 1 radical (unpaired) electrons. The molecule has 0 amide bonds. The number of benzene rings is 1. The first-order valence-electron chi connectivity index (χ1n) is 8.08. The summed E-state index contributed by atoms with van der Waals surface area (Å²) in [5.74, 6) is -2.56. The Bertz CT molecular complexity index is 1200. The van der Waals surface area contributed by atoms with E-state index in [1.54, 1.807) is 12.1 Å². The van der Waals surface area contributed by atoms with E-state index in [4.69, 9.17) is 4.55 Å². The number of aromatic nitrogens is 3. The summed E-state index contributed by atoms with van der Waals surface area (Å²) in [6.07, 6.45) is -7.88. The maximum atomic E-state index is 13.6. The van der Waals surface area contributed by atoms with Crippen LogP contribution >= 0.6 is 0 Å². The molecule has 1 aromatic carbocycles. The standard InChI is InChI=1S/C12H6F4NO.C5H3F3N2O4S.Ir/c13-10-7-8(18-12(14,15)16)4-5-9(10)11-3-1-2-6-17-11;6-5(7,8)14-3-1-4(10-2-9-3)15(11,12)13;/h1-4,6-7H;1-2H,(H,11,12,13);/q-1;;. The zero-order chi connectivity index (χ0) is 24.9. The summed E-state index contributed by atoms with van der Waals surface area (Å²) in [5, 5.41) is -0.975. The molecule has 3 aromatic rings. The Kier molecular flexibility index (Phi) is 9.86. The molecule has 2 heterocycles. The van der Waals surface area contributed by atoms with Crippen LogP contribution in [0.15, 0.2) is 53.9 Å². The molecule has 3 rings (SSSR count). The van der Waals surface area contributed by atoms with E-state index < -0.39 is 45.3 Å². The van der Waals surface area contributed by atoms with Gasteiger partial charge in [0.1, 0.15) is 6.33 Å². The van der Waals surface area contributed by atoms with Crippen LogP contribution in [0.3, 0.4) is 0 Å². The van der Waals surface area contributed by atoms with Crippen molar-refractivity contribution in [2.75, 3.05) is 0 Å². The average molecular weight is 693 g/mol. The fourth-order valence-corrected chi connectivity index (χ4v) is 2.42. The Balaban J connectivity index is 0.000000336. The summed E-state index contributed by atoms with van der Waals surface area (Å²) >= 11 is 0. The van der Waals surface area contributed by atoms with E-state index in [0.29, 0.717) is 18.5 Å². The molecule has 0 atom stereocenters. The van der Waals surface area contributed by atoms with Crippen LogP contribution in [-0.2, 0) is 30.2 Å². The van der Waals surface area contributed by atoms with Gasteiger partial charge in [0.2, 0.25) is 5.88 Å². The normalized spacial score (nSPS) is 11.5. The van der Waals surface area contributed by atoms with Crippen LogP contribution in [0.5, 0.6) is 11.6 Å². The van der Waals surface area contributed by atoms with E-state index in [1.165, 1.54) is 12.3 Å². The third kappa shape index (κ3) is 9.94.